The summed E-state index contributed by atoms with van der Waals surface area (Å²) in [6.07, 6.45) is 0.740. The van der Waals surface area contributed by atoms with Crippen molar-refractivity contribution in [1.82, 2.24) is 0 Å². The Morgan fingerprint density at radius 3 is 2.57 bits per heavy atom. The molecule has 4 nitrogen and oxygen atoms in total. The highest BCUT2D eigenvalue weighted by atomic mass is 17.3. The van der Waals surface area contributed by atoms with Crippen molar-refractivity contribution in [3.63, 3.8) is 0 Å². The molecule has 2 heterocycles. The Balaban J connectivity index is 2.27. The predicted molar refractivity (Wildman–Crippen MR) is 19.3 cm³/mol. The summed E-state index contributed by atoms with van der Waals surface area (Å²) >= 11 is 0. The van der Waals surface area contributed by atoms with Crippen molar-refractivity contribution in [2.45, 2.75) is 12.7 Å². The first-order valence-electron chi connectivity index (χ1n) is 1.96. The van der Waals surface area contributed by atoms with E-state index in [0.717, 1.165) is 0 Å². The first kappa shape index (κ1) is 3.54. The van der Waals surface area contributed by atoms with Gasteiger partial charge in [0, 0.05) is 0 Å². The van der Waals surface area contributed by atoms with Crippen LogP contribution in [0.4, 0.5) is 0 Å². The number of rotatable bonds is 0. The standard InChI is InChI=1S/C3H3NO3/c1-2-5-3(4-1)7-6-2/h1-3H. The quantitative estimate of drug-likeness (QED) is 0.392. The van der Waals surface area contributed by atoms with Gasteiger partial charge in [0.05, 0.1) is 6.21 Å². The van der Waals surface area contributed by atoms with Crippen molar-refractivity contribution < 1.29 is 14.5 Å². The number of ether oxygens (including phenoxy) is 1. The van der Waals surface area contributed by atoms with Crippen LogP contribution in [0.5, 0.6) is 0 Å². The first-order valence-corrected chi connectivity index (χ1v) is 1.96. The zero-order valence-electron chi connectivity index (χ0n) is 3.40. The maximum Gasteiger partial charge on any atom is 0.290 e. The Kier molecular flexibility index (Phi) is 0.522. The molecule has 0 aliphatic carbocycles. The second-order valence-electron chi connectivity index (χ2n) is 1.30. The van der Waals surface area contributed by atoms with Crippen LogP contribution in [0.15, 0.2) is 4.99 Å². The van der Waals surface area contributed by atoms with E-state index in [1.54, 1.807) is 6.21 Å². The lowest BCUT2D eigenvalue weighted by molar-refractivity contribution is -0.289. The first-order chi connectivity index (χ1) is 3.45. The third kappa shape index (κ3) is 0.381. The van der Waals surface area contributed by atoms with E-state index in [9.17, 15) is 0 Å². The lowest BCUT2D eigenvalue weighted by Gasteiger charge is -1.94. The van der Waals surface area contributed by atoms with E-state index >= 15 is 0 Å². The minimum atomic E-state index is -0.481. The van der Waals surface area contributed by atoms with Crippen LogP contribution in [0.2, 0.25) is 0 Å². The molecule has 0 N–H and O–H groups in total. The van der Waals surface area contributed by atoms with Gasteiger partial charge in [-0.15, -0.1) is 0 Å². The van der Waals surface area contributed by atoms with Gasteiger partial charge < -0.3 is 0 Å². The molecule has 2 atom stereocenters. The van der Waals surface area contributed by atoms with Crippen LogP contribution in [0, 0.1) is 0 Å². The third-order valence-corrected chi connectivity index (χ3v) is 0.813. The molecule has 4 heteroatoms. The summed E-state index contributed by atoms with van der Waals surface area (Å²) in [5.74, 6) is 0. The SMILES string of the molecule is C1=NC2OOC1O2. The van der Waals surface area contributed by atoms with Crippen LogP contribution < -0.4 is 0 Å². The van der Waals surface area contributed by atoms with Crippen LogP contribution in [0.25, 0.3) is 0 Å². The summed E-state index contributed by atoms with van der Waals surface area (Å²) in [5.41, 5.74) is 0. The largest absolute Gasteiger partial charge is 0.294 e. The monoisotopic (exact) mass is 101 g/mol. The lowest BCUT2D eigenvalue weighted by atomic mass is 10.7. The molecule has 0 aromatic carbocycles. The van der Waals surface area contributed by atoms with Crippen molar-refractivity contribution in [3.8, 4) is 0 Å². The summed E-state index contributed by atoms with van der Waals surface area (Å²) in [6.45, 7) is 0. The van der Waals surface area contributed by atoms with Crippen molar-refractivity contribution in [2.24, 2.45) is 4.99 Å². The average Bonchev–Trinajstić information content (AvgIpc) is 2.22. The Bertz CT molecular complexity index is 101. The zero-order valence-corrected chi connectivity index (χ0v) is 3.40. The molecule has 0 aromatic heterocycles. The Morgan fingerprint density at radius 1 is 1.43 bits per heavy atom. The van der Waals surface area contributed by atoms with Gasteiger partial charge in [-0.1, -0.05) is 0 Å². The predicted octanol–water partition coefficient (Wildman–Crippen LogP) is -0.341. The molecule has 38 valence electrons. The molecule has 0 spiro atoms. The van der Waals surface area contributed by atoms with Gasteiger partial charge in [0.1, 0.15) is 0 Å². The van der Waals surface area contributed by atoms with Crippen LogP contribution >= 0.6 is 0 Å². The van der Waals surface area contributed by atoms with Gasteiger partial charge in [-0.2, -0.15) is 9.78 Å². The lowest BCUT2D eigenvalue weighted by Crippen LogP contribution is -2.05. The molecule has 2 rings (SSSR count). The van der Waals surface area contributed by atoms with E-state index in [0.29, 0.717) is 0 Å². The highest BCUT2D eigenvalue weighted by Crippen LogP contribution is 2.17. The molecular formula is C3H3NO3. The Hall–Kier alpha value is -0.450. The Labute approximate surface area is 39.6 Å². The van der Waals surface area contributed by atoms with Gasteiger partial charge in [-0.05, 0) is 0 Å². The second-order valence-corrected chi connectivity index (χ2v) is 1.30. The summed E-state index contributed by atoms with van der Waals surface area (Å²) < 4.78 is 4.81. The molecule has 1 saturated heterocycles. The van der Waals surface area contributed by atoms with Gasteiger partial charge in [0.25, 0.3) is 6.41 Å². The van der Waals surface area contributed by atoms with Gasteiger partial charge in [0.2, 0.25) is 6.29 Å². The summed E-state index contributed by atoms with van der Waals surface area (Å²) in [6, 6.07) is 0. The van der Waals surface area contributed by atoms with Crippen LogP contribution in [-0.4, -0.2) is 18.9 Å². The molecule has 0 saturated carbocycles. The fraction of sp³-hybridized carbons (Fsp3) is 0.667. The molecule has 2 unspecified atom stereocenters. The highest BCUT2D eigenvalue weighted by Gasteiger charge is 2.31. The molecular weight excluding hydrogens is 98.0 g/mol. The number of hydrogen-bond acceptors (Lipinski definition) is 4. The maximum absolute atomic E-state index is 4.81. The topological polar surface area (TPSA) is 40.0 Å². The fourth-order valence-electron chi connectivity index (χ4n) is 0.523. The summed E-state index contributed by atoms with van der Waals surface area (Å²) in [7, 11) is 0. The third-order valence-electron chi connectivity index (χ3n) is 0.813. The molecule has 2 aliphatic heterocycles. The van der Waals surface area contributed by atoms with Crippen molar-refractivity contribution in [3.05, 3.63) is 0 Å². The minimum absolute atomic E-state index is 0.343. The van der Waals surface area contributed by atoms with Gasteiger partial charge in [-0.25, -0.2) is 4.99 Å². The number of aliphatic imine (C=N–C) groups is 1. The number of hydrogen-bond donors (Lipinski definition) is 0. The Morgan fingerprint density at radius 2 is 2.43 bits per heavy atom. The summed E-state index contributed by atoms with van der Waals surface area (Å²) in [5, 5.41) is 0. The van der Waals surface area contributed by atoms with E-state index in [4.69, 9.17) is 4.74 Å². The van der Waals surface area contributed by atoms with Crippen molar-refractivity contribution in [1.29, 1.82) is 0 Å². The highest BCUT2D eigenvalue weighted by molar-refractivity contribution is 5.63. The molecule has 0 amide bonds. The molecule has 1 fully saturated rings. The summed E-state index contributed by atoms with van der Waals surface area (Å²) in [4.78, 5) is 12.6. The van der Waals surface area contributed by atoms with E-state index < -0.39 is 6.41 Å². The van der Waals surface area contributed by atoms with Gasteiger partial charge in [-0.3, -0.25) is 4.74 Å². The van der Waals surface area contributed by atoms with E-state index in [1.807, 2.05) is 0 Å². The zero-order chi connectivity index (χ0) is 4.69. The number of nitrogens with zero attached hydrogens (tertiary/aromatic N) is 1. The van der Waals surface area contributed by atoms with Gasteiger partial charge in [0.15, 0.2) is 0 Å². The maximum atomic E-state index is 4.81. The molecule has 0 aromatic rings. The molecule has 2 aliphatic rings. The van der Waals surface area contributed by atoms with E-state index in [2.05, 4.69) is 14.8 Å². The molecule has 0 radical (unpaired) electrons. The van der Waals surface area contributed by atoms with Crippen molar-refractivity contribution in [2.75, 3.05) is 0 Å². The molecule has 7 heavy (non-hydrogen) atoms. The molecule has 2 bridgehead atoms. The number of fused-ring (bicyclic) bond motifs is 2. The van der Waals surface area contributed by atoms with Crippen molar-refractivity contribution >= 4 is 6.21 Å². The minimum Gasteiger partial charge on any atom is -0.294 e. The van der Waals surface area contributed by atoms with Crippen LogP contribution in [0.3, 0.4) is 0 Å². The average molecular weight is 101 g/mol. The van der Waals surface area contributed by atoms with E-state index in [1.165, 1.54) is 0 Å². The van der Waals surface area contributed by atoms with Crippen LogP contribution in [0.1, 0.15) is 0 Å². The second kappa shape index (κ2) is 1.03. The smallest absolute Gasteiger partial charge is 0.290 e. The normalized spacial score (nSPS) is 45.7. The fourth-order valence-corrected chi connectivity index (χ4v) is 0.523. The van der Waals surface area contributed by atoms with E-state index in [-0.39, 0.29) is 6.29 Å². The van der Waals surface area contributed by atoms with Crippen LogP contribution in [-0.2, 0) is 14.5 Å². The van der Waals surface area contributed by atoms with Gasteiger partial charge >= 0.3 is 0 Å².